The van der Waals surface area contributed by atoms with Crippen LogP contribution in [0.4, 0.5) is 0 Å². The van der Waals surface area contributed by atoms with E-state index in [2.05, 4.69) is 0 Å². The van der Waals surface area contributed by atoms with Crippen LogP contribution in [0, 0.1) is 22.7 Å². The first-order valence-electron chi connectivity index (χ1n) is 2.78. The molecule has 0 aromatic heterocycles. The lowest BCUT2D eigenvalue weighted by Crippen LogP contribution is -2.00. The summed E-state index contributed by atoms with van der Waals surface area (Å²) in [5.74, 6) is -0.221. The summed E-state index contributed by atoms with van der Waals surface area (Å²) in [5.41, 5.74) is 0. The van der Waals surface area contributed by atoms with E-state index in [4.69, 9.17) is 10.5 Å². The molecular formula is C6H6N2O2S. The second-order valence-electron chi connectivity index (χ2n) is 1.71. The molecule has 0 heterocycles. The van der Waals surface area contributed by atoms with Crippen LogP contribution in [0.25, 0.3) is 0 Å². The molecule has 0 rings (SSSR count). The van der Waals surface area contributed by atoms with Gasteiger partial charge in [0.2, 0.25) is 0 Å². The Kier molecular flexibility index (Phi) is 3.94. The molecule has 0 spiro atoms. The van der Waals surface area contributed by atoms with Crippen LogP contribution in [0.1, 0.15) is 6.42 Å². The van der Waals surface area contributed by atoms with Crippen molar-refractivity contribution in [2.45, 2.75) is 6.42 Å². The average Bonchev–Trinajstić information content (AvgIpc) is 1.97. The van der Waals surface area contributed by atoms with Gasteiger partial charge in [-0.25, -0.2) is 8.42 Å². The van der Waals surface area contributed by atoms with Crippen molar-refractivity contribution in [3.8, 4) is 12.1 Å². The predicted molar refractivity (Wildman–Crippen MR) is 38.8 cm³/mol. The zero-order valence-corrected chi connectivity index (χ0v) is 6.50. The number of allylic oxidation sites excluding steroid dienone is 1. The first-order chi connectivity index (χ1) is 5.12. The molecule has 0 amide bonds. The lowest BCUT2D eigenvalue weighted by atomic mass is 10.6. The summed E-state index contributed by atoms with van der Waals surface area (Å²) >= 11 is 0. The van der Waals surface area contributed by atoms with Gasteiger partial charge in [0.25, 0.3) is 0 Å². The van der Waals surface area contributed by atoms with Crippen molar-refractivity contribution in [3.63, 3.8) is 0 Å². The maximum absolute atomic E-state index is 10.8. The molecule has 0 unspecified atom stereocenters. The summed E-state index contributed by atoms with van der Waals surface area (Å²) in [4.78, 5) is 0. The van der Waals surface area contributed by atoms with Crippen molar-refractivity contribution in [2.24, 2.45) is 0 Å². The van der Waals surface area contributed by atoms with Gasteiger partial charge in [0.1, 0.15) is 0 Å². The minimum absolute atomic E-state index is 0.0435. The first-order valence-corrected chi connectivity index (χ1v) is 4.50. The minimum atomic E-state index is -3.33. The van der Waals surface area contributed by atoms with Crippen LogP contribution in [0.3, 0.4) is 0 Å². The predicted octanol–water partition coefficient (Wildman–Crippen LogP) is 0.352. The molecule has 0 saturated carbocycles. The maximum atomic E-state index is 10.8. The highest BCUT2D eigenvalue weighted by Crippen LogP contribution is 1.94. The number of sulfone groups is 1. The van der Waals surface area contributed by atoms with E-state index in [0.29, 0.717) is 0 Å². The SMILES string of the molecule is N#C/C=C/S(=O)(=O)CCC#N. The topological polar surface area (TPSA) is 81.7 Å². The zero-order valence-electron chi connectivity index (χ0n) is 5.69. The van der Waals surface area contributed by atoms with E-state index in [0.717, 1.165) is 11.5 Å². The third-order valence-electron chi connectivity index (χ3n) is 0.848. The molecule has 0 aromatic carbocycles. The molecule has 0 N–H and O–H groups in total. The van der Waals surface area contributed by atoms with Crippen molar-refractivity contribution in [2.75, 3.05) is 5.75 Å². The fourth-order valence-corrected chi connectivity index (χ4v) is 1.17. The lowest BCUT2D eigenvalue weighted by molar-refractivity contribution is 0.604. The second kappa shape index (κ2) is 4.48. The fourth-order valence-electron chi connectivity index (χ4n) is 0.390. The average molecular weight is 170 g/mol. The Balaban J connectivity index is 4.19. The summed E-state index contributed by atoms with van der Waals surface area (Å²) in [7, 11) is -3.33. The van der Waals surface area contributed by atoms with Gasteiger partial charge in [-0.3, -0.25) is 0 Å². The Morgan fingerprint density at radius 3 is 2.45 bits per heavy atom. The van der Waals surface area contributed by atoms with Crippen molar-refractivity contribution in [3.05, 3.63) is 11.5 Å². The summed E-state index contributed by atoms with van der Waals surface area (Å²) < 4.78 is 21.5. The van der Waals surface area contributed by atoms with Gasteiger partial charge in [-0.1, -0.05) is 0 Å². The summed E-state index contributed by atoms with van der Waals surface area (Å²) in [6, 6.07) is 3.26. The number of rotatable bonds is 3. The van der Waals surface area contributed by atoms with Crippen LogP contribution in [0.2, 0.25) is 0 Å². The highest BCUT2D eigenvalue weighted by molar-refractivity contribution is 7.94. The molecule has 5 heteroatoms. The Morgan fingerprint density at radius 2 is 2.00 bits per heavy atom. The van der Waals surface area contributed by atoms with Crippen molar-refractivity contribution < 1.29 is 8.42 Å². The van der Waals surface area contributed by atoms with Gasteiger partial charge in [-0.05, 0) is 0 Å². The summed E-state index contributed by atoms with van der Waals surface area (Å²) in [5, 5.41) is 16.9. The van der Waals surface area contributed by atoms with Gasteiger partial charge >= 0.3 is 0 Å². The van der Waals surface area contributed by atoms with Crippen molar-refractivity contribution in [1.82, 2.24) is 0 Å². The molecule has 0 saturated heterocycles. The molecule has 0 atom stereocenters. The van der Waals surface area contributed by atoms with E-state index >= 15 is 0 Å². The third-order valence-corrected chi connectivity index (χ3v) is 2.17. The number of hydrogen-bond acceptors (Lipinski definition) is 4. The van der Waals surface area contributed by atoms with E-state index in [1.807, 2.05) is 0 Å². The maximum Gasteiger partial charge on any atom is 0.173 e. The Bertz CT molecular complexity index is 315. The van der Waals surface area contributed by atoms with Gasteiger partial charge in [-0.2, -0.15) is 10.5 Å². The lowest BCUT2D eigenvalue weighted by Gasteiger charge is -1.89. The molecule has 4 nitrogen and oxygen atoms in total. The molecule has 0 fully saturated rings. The van der Waals surface area contributed by atoms with Gasteiger partial charge < -0.3 is 0 Å². The molecule has 58 valence electrons. The normalized spacial score (nSPS) is 10.7. The van der Waals surface area contributed by atoms with Gasteiger partial charge in [0, 0.05) is 17.9 Å². The summed E-state index contributed by atoms with van der Waals surface area (Å²) in [6.07, 6.45) is 0.838. The van der Waals surface area contributed by atoms with Crippen LogP contribution in [-0.4, -0.2) is 14.2 Å². The Morgan fingerprint density at radius 1 is 1.36 bits per heavy atom. The summed E-state index contributed by atoms with van der Waals surface area (Å²) in [6.45, 7) is 0. The molecule has 0 bridgehead atoms. The number of hydrogen-bond donors (Lipinski definition) is 0. The van der Waals surface area contributed by atoms with Crippen molar-refractivity contribution >= 4 is 9.84 Å². The van der Waals surface area contributed by atoms with Crippen LogP contribution in [0.15, 0.2) is 11.5 Å². The second-order valence-corrected chi connectivity index (χ2v) is 3.71. The van der Waals surface area contributed by atoms with Crippen LogP contribution < -0.4 is 0 Å². The van der Waals surface area contributed by atoms with Crippen molar-refractivity contribution in [1.29, 1.82) is 10.5 Å². The fraction of sp³-hybridized carbons (Fsp3) is 0.333. The van der Waals surface area contributed by atoms with Crippen LogP contribution >= 0.6 is 0 Å². The third kappa shape index (κ3) is 5.13. The van der Waals surface area contributed by atoms with E-state index in [9.17, 15) is 8.42 Å². The van der Waals surface area contributed by atoms with E-state index in [1.165, 1.54) is 0 Å². The molecule has 0 aliphatic rings. The quantitative estimate of drug-likeness (QED) is 0.572. The minimum Gasteiger partial charge on any atom is -0.224 e. The largest absolute Gasteiger partial charge is 0.224 e. The highest BCUT2D eigenvalue weighted by Gasteiger charge is 2.03. The Labute approximate surface area is 65.3 Å². The molecule has 0 aromatic rings. The number of nitrogens with zero attached hydrogens (tertiary/aromatic N) is 2. The monoisotopic (exact) mass is 170 g/mol. The van der Waals surface area contributed by atoms with E-state index in [1.54, 1.807) is 12.1 Å². The Hall–Kier alpha value is -1.33. The van der Waals surface area contributed by atoms with Gasteiger partial charge in [-0.15, -0.1) is 0 Å². The van der Waals surface area contributed by atoms with E-state index < -0.39 is 9.84 Å². The van der Waals surface area contributed by atoms with Gasteiger partial charge in [0.15, 0.2) is 9.84 Å². The van der Waals surface area contributed by atoms with E-state index in [-0.39, 0.29) is 12.2 Å². The molecule has 0 aliphatic carbocycles. The smallest absolute Gasteiger partial charge is 0.173 e. The van der Waals surface area contributed by atoms with Crippen LogP contribution in [-0.2, 0) is 9.84 Å². The standard InChI is InChI=1S/C6H6N2O2S/c7-3-1-5-11(9,10)6-2-4-8/h1,5H,2,6H2/b5-1+. The molecule has 11 heavy (non-hydrogen) atoms. The molecule has 0 aliphatic heterocycles. The van der Waals surface area contributed by atoms with Gasteiger partial charge in [0.05, 0.1) is 17.9 Å². The highest BCUT2D eigenvalue weighted by atomic mass is 32.2. The number of nitriles is 2. The zero-order chi connectivity index (χ0) is 8.74. The van der Waals surface area contributed by atoms with Crippen LogP contribution in [0.5, 0.6) is 0 Å². The molecular weight excluding hydrogens is 164 g/mol. The molecule has 0 radical (unpaired) electrons. The first kappa shape index (κ1) is 9.67.